The smallest absolute Gasteiger partial charge is 0.230 e. The molecule has 26 heavy (non-hydrogen) atoms. The Kier molecular flexibility index (Phi) is 7.32. The summed E-state index contributed by atoms with van der Waals surface area (Å²) in [6.07, 6.45) is 0.892. The molecule has 1 atom stereocenters. The van der Waals surface area contributed by atoms with E-state index in [4.69, 9.17) is 10.6 Å². The van der Waals surface area contributed by atoms with Gasteiger partial charge in [-0.3, -0.25) is 4.79 Å². The van der Waals surface area contributed by atoms with Crippen molar-refractivity contribution in [1.29, 1.82) is 0 Å². The minimum absolute atomic E-state index is 0.0459. The van der Waals surface area contributed by atoms with Gasteiger partial charge in [0.1, 0.15) is 12.4 Å². The number of thioether (sulfide) groups is 1. The zero-order chi connectivity index (χ0) is 19.1. The van der Waals surface area contributed by atoms with Gasteiger partial charge in [0, 0.05) is 6.04 Å². The molecule has 0 fully saturated rings. The molecular formula is C18H27N5O2S. The van der Waals surface area contributed by atoms with E-state index in [1.54, 1.807) is 0 Å². The van der Waals surface area contributed by atoms with Gasteiger partial charge in [-0.25, -0.2) is 4.68 Å². The number of nitrogen functional groups attached to an aromatic ring is 1. The Morgan fingerprint density at radius 1 is 1.27 bits per heavy atom. The Bertz CT molecular complexity index is 715. The molecule has 0 saturated heterocycles. The first-order valence-electron chi connectivity index (χ1n) is 8.75. The summed E-state index contributed by atoms with van der Waals surface area (Å²) in [6.45, 7) is 8.50. The number of carbonyl (C=O) groups is 1. The van der Waals surface area contributed by atoms with Crippen molar-refractivity contribution >= 4 is 17.7 Å². The molecule has 2 rings (SSSR count). The lowest BCUT2D eigenvalue weighted by molar-refractivity contribution is -0.119. The molecule has 1 heterocycles. The number of aromatic nitrogens is 3. The van der Waals surface area contributed by atoms with Crippen LogP contribution in [0.4, 0.5) is 0 Å². The van der Waals surface area contributed by atoms with Gasteiger partial charge < -0.3 is 15.9 Å². The predicted octanol–water partition coefficient (Wildman–Crippen LogP) is 2.70. The van der Waals surface area contributed by atoms with Gasteiger partial charge in [-0.15, -0.1) is 10.2 Å². The standard InChI is InChI=1S/C18H27N5O2S/c1-5-13(4)20-17(24)11-26-18-22-21-16(23(18)19)10-25-15-8-6-14(7-9-15)12(2)3/h6-9,12-13H,5,10-11,19H2,1-4H3,(H,20,24)/t13-/m0/s1. The molecule has 0 bridgehead atoms. The van der Waals surface area contributed by atoms with Crippen LogP contribution in [-0.4, -0.2) is 32.6 Å². The highest BCUT2D eigenvalue weighted by Crippen LogP contribution is 2.20. The van der Waals surface area contributed by atoms with Gasteiger partial charge in [0.15, 0.2) is 5.82 Å². The highest BCUT2D eigenvalue weighted by Gasteiger charge is 2.13. The van der Waals surface area contributed by atoms with Crippen molar-refractivity contribution in [2.75, 3.05) is 11.6 Å². The third kappa shape index (κ3) is 5.66. The first-order valence-corrected chi connectivity index (χ1v) is 9.73. The second-order valence-corrected chi connectivity index (χ2v) is 7.39. The van der Waals surface area contributed by atoms with Gasteiger partial charge in [0.2, 0.25) is 11.1 Å². The molecule has 2 aromatic rings. The number of benzene rings is 1. The van der Waals surface area contributed by atoms with Gasteiger partial charge in [-0.2, -0.15) is 0 Å². The van der Waals surface area contributed by atoms with Crippen molar-refractivity contribution in [3.05, 3.63) is 35.7 Å². The summed E-state index contributed by atoms with van der Waals surface area (Å²) in [5, 5.41) is 11.5. The van der Waals surface area contributed by atoms with Crippen molar-refractivity contribution in [2.45, 2.75) is 57.8 Å². The summed E-state index contributed by atoms with van der Waals surface area (Å²) in [7, 11) is 0. The van der Waals surface area contributed by atoms with Crippen molar-refractivity contribution in [1.82, 2.24) is 20.2 Å². The Hall–Kier alpha value is -2.22. The number of ether oxygens (including phenoxy) is 1. The van der Waals surface area contributed by atoms with Crippen molar-refractivity contribution in [3.63, 3.8) is 0 Å². The maximum atomic E-state index is 11.8. The summed E-state index contributed by atoms with van der Waals surface area (Å²) < 4.78 is 7.09. The topological polar surface area (TPSA) is 95.1 Å². The van der Waals surface area contributed by atoms with E-state index in [0.29, 0.717) is 16.9 Å². The SMILES string of the molecule is CC[C@H](C)NC(=O)CSc1nnc(COc2ccc(C(C)C)cc2)n1N. The zero-order valence-electron chi connectivity index (χ0n) is 15.7. The van der Waals surface area contributed by atoms with E-state index in [1.165, 1.54) is 22.0 Å². The molecule has 142 valence electrons. The molecule has 7 nitrogen and oxygen atoms in total. The average molecular weight is 378 g/mol. The molecule has 0 aliphatic rings. The van der Waals surface area contributed by atoms with Crippen LogP contribution in [0.5, 0.6) is 5.75 Å². The van der Waals surface area contributed by atoms with E-state index in [0.717, 1.165) is 12.2 Å². The summed E-state index contributed by atoms with van der Waals surface area (Å²) in [5.74, 6) is 7.94. The van der Waals surface area contributed by atoms with Crippen LogP contribution in [0.3, 0.4) is 0 Å². The van der Waals surface area contributed by atoms with E-state index in [1.807, 2.05) is 38.1 Å². The molecule has 1 aromatic carbocycles. The minimum Gasteiger partial charge on any atom is -0.486 e. The largest absolute Gasteiger partial charge is 0.486 e. The van der Waals surface area contributed by atoms with Gasteiger partial charge in [0.05, 0.1) is 5.75 Å². The lowest BCUT2D eigenvalue weighted by atomic mass is 10.0. The Morgan fingerprint density at radius 2 is 1.96 bits per heavy atom. The van der Waals surface area contributed by atoms with E-state index in [-0.39, 0.29) is 24.3 Å². The van der Waals surface area contributed by atoms with Gasteiger partial charge >= 0.3 is 0 Å². The number of nitrogens with two attached hydrogens (primary N) is 1. The van der Waals surface area contributed by atoms with E-state index in [9.17, 15) is 4.79 Å². The summed E-state index contributed by atoms with van der Waals surface area (Å²) in [6, 6.07) is 8.11. The monoisotopic (exact) mass is 377 g/mol. The normalized spacial score (nSPS) is 12.2. The maximum Gasteiger partial charge on any atom is 0.230 e. The molecule has 1 aromatic heterocycles. The van der Waals surface area contributed by atoms with Crippen molar-refractivity contribution < 1.29 is 9.53 Å². The van der Waals surface area contributed by atoms with Crippen LogP contribution < -0.4 is 15.9 Å². The van der Waals surface area contributed by atoms with E-state index < -0.39 is 0 Å². The molecule has 0 unspecified atom stereocenters. The summed E-state index contributed by atoms with van der Waals surface area (Å²) in [4.78, 5) is 11.8. The zero-order valence-corrected chi connectivity index (χ0v) is 16.5. The Morgan fingerprint density at radius 3 is 2.58 bits per heavy atom. The van der Waals surface area contributed by atoms with Crippen LogP contribution in [0.1, 0.15) is 51.4 Å². The predicted molar refractivity (Wildman–Crippen MR) is 104 cm³/mol. The van der Waals surface area contributed by atoms with E-state index >= 15 is 0 Å². The lowest BCUT2D eigenvalue weighted by Crippen LogP contribution is -2.33. The molecular weight excluding hydrogens is 350 g/mol. The number of rotatable bonds is 9. The van der Waals surface area contributed by atoms with Crippen LogP contribution in [-0.2, 0) is 11.4 Å². The fraction of sp³-hybridized carbons (Fsp3) is 0.500. The van der Waals surface area contributed by atoms with Gasteiger partial charge in [0.25, 0.3) is 0 Å². The molecule has 0 radical (unpaired) electrons. The fourth-order valence-corrected chi connectivity index (χ4v) is 2.84. The Balaban J connectivity index is 1.87. The maximum absolute atomic E-state index is 11.8. The molecule has 1 amide bonds. The highest BCUT2D eigenvalue weighted by atomic mass is 32.2. The molecule has 3 N–H and O–H groups in total. The van der Waals surface area contributed by atoms with Crippen LogP contribution in [0.25, 0.3) is 0 Å². The highest BCUT2D eigenvalue weighted by molar-refractivity contribution is 7.99. The van der Waals surface area contributed by atoms with Crippen molar-refractivity contribution in [2.24, 2.45) is 0 Å². The first-order chi connectivity index (χ1) is 12.4. The van der Waals surface area contributed by atoms with Crippen LogP contribution >= 0.6 is 11.8 Å². The number of nitrogens with zero attached hydrogens (tertiary/aromatic N) is 3. The van der Waals surface area contributed by atoms with Crippen LogP contribution in [0.2, 0.25) is 0 Å². The number of carbonyl (C=O) groups excluding carboxylic acids is 1. The molecule has 0 spiro atoms. The molecule has 8 heteroatoms. The van der Waals surface area contributed by atoms with Crippen LogP contribution in [0.15, 0.2) is 29.4 Å². The fourth-order valence-electron chi connectivity index (χ4n) is 2.15. The molecule has 0 aliphatic carbocycles. The van der Waals surface area contributed by atoms with E-state index in [2.05, 4.69) is 29.4 Å². The first kappa shape index (κ1) is 20.1. The third-order valence-electron chi connectivity index (χ3n) is 4.00. The number of nitrogens with one attached hydrogen (secondary N) is 1. The number of hydrogen-bond acceptors (Lipinski definition) is 6. The summed E-state index contributed by atoms with van der Waals surface area (Å²) in [5.41, 5.74) is 1.26. The Labute approximate surface area is 158 Å². The molecule has 0 aliphatic heterocycles. The van der Waals surface area contributed by atoms with Gasteiger partial charge in [-0.1, -0.05) is 44.7 Å². The number of amides is 1. The number of hydrogen-bond donors (Lipinski definition) is 2. The van der Waals surface area contributed by atoms with Gasteiger partial charge in [-0.05, 0) is 37.0 Å². The van der Waals surface area contributed by atoms with Crippen LogP contribution in [0, 0.1) is 0 Å². The second-order valence-electron chi connectivity index (χ2n) is 6.45. The summed E-state index contributed by atoms with van der Waals surface area (Å²) >= 11 is 1.25. The third-order valence-corrected chi connectivity index (χ3v) is 4.95. The van der Waals surface area contributed by atoms with Crippen molar-refractivity contribution in [3.8, 4) is 5.75 Å². The minimum atomic E-state index is -0.0459. The average Bonchev–Trinajstić information content (AvgIpc) is 2.98. The lowest BCUT2D eigenvalue weighted by Gasteiger charge is -2.11. The molecule has 0 saturated carbocycles. The quantitative estimate of drug-likeness (QED) is 0.515. The second kappa shape index (κ2) is 9.47.